The Morgan fingerprint density at radius 3 is 2.74 bits per heavy atom. The number of aromatic nitrogens is 1. The Hall–Kier alpha value is -3.21. The lowest BCUT2D eigenvalue weighted by molar-refractivity contribution is -0.145. The molecule has 2 aliphatic rings. The summed E-state index contributed by atoms with van der Waals surface area (Å²) in [5.74, 6) is -6.06. The zero-order chi connectivity index (χ0) is 25.2. The number of halogens is 4. The molecule has 1 aromatic heterocycles. The summed E-state index contributed by atoms with van der Waals surface area (Å²) in [6.45, 7) is 1.98. The van der Waals surface area contributed by atoms with Crippen LogP contribution in [0.2, 0.25) is 0 Å². The second kappa shape index (κ2) is 10.2. The third-order valence-corrected chi connectivity index (χ3v) is 6.62. The molecule has 0 spiro atoms. The number of anilines is 1. The Morgan fingerprint density at radius 2 is 2.09 bits per heavy atom. The van der Waals surface area contributed by atoms with Crippen molar-refractivity contribution in [3.8, 4) is 11.5 Å². The van der Waals surface area contributed by atoms with E-state index in [4.69, 9.17) is 4.74 Å². The Labute approximate surface area is 199 Å². The first-order chi connectivity index (χ1) is 16.6. The van der Waals surface area contributed by atoms with Crippen molar-refractivity contribution in [2.75, 3.05) is 25.0 Å². The first-order valence-electron chi connectivity index (χ1n) is 11.4. The highest BCUT2D eigenvalue weighted by atomic mass is 19.3. The van der Waals surface area contributed by atoms with E-state index in [1.54, 1.807) is 11.8 Å². The molecule has 4 rings (SSSR count). The van der Waals surface area contributed by atoms with Crippen LogP contribution in [0.1, 0.15) is 26.2 Å². The van der Waals surface area contributed by atoms with Crippen molar-refractivity contribution in [1.82, 2.24) is 15.2 Å². The number of hydrogen-bond acceptors (Lipinski definition) is 5. The molecule has 2 saturated heterocycles. The number of alkyl halides is 2. The SMILES string of the molecule is C[C@@H](C(=O)Nc1ccc(Oc2ccc(F)cc2F)cn1)N1CCC(F)(F)[C@@H]([C@@H]2CCC(=O)NC2)C1. The number of nitrogens with one attached hydrogen (secondary N) is 2. The van der Waals surface area contributed by atoms with Crippen molar-refractivity contribution in [3.05, 3.63) is 48.2 Å². The lowest BCUT2D eigenvalue weighted by atomic mass is 9.78. The molecule has 188 valence electrons. The molecule has 2 amide bonds. The minimum atomic E-state index is -2.86. The van der Waals surface area contributed by atoms with E-state index in [-0.39, 0.29) is 61.6 Å². The van der Waals surface area contributed by atoms with Crippen LogP contribution >= 0.6 is 0 Å². The fraction of sp³-hybridized carbons (Fsp3) is 0.458. The standard InChI is InChI=1S/C24H26F4N4O3/c1-14(32-9-8-24(27,28)18(13-32)15-2-7-22(33)30-11-15)23(34)31-21-6-4-17(12-29-21)35-20-5-3-16(25)10-19(20)26/h3-6,10,12,14-15,18H,2,7-9,11,13H2,1H3,(H,30,33)(H,29,31,34)/t14-,15+,18+/m0/s1. The number of rotatable bonds is 6. The van der Waals surface area contributed by atoms with Crippen LogP contribution in [0.4, 0.5) is 23.4 Å². The van der Waals surface area contributed by atoms with Crippen LogP contribution in [0.3, 0.4) is 0 Å². The normalized spacial score (nSPS) is 23.3. The van der Waals surface area contributed by atoms with Crippen LogP contribution in [0.25, 0.3) is 0 Å². The van der Waals surface area contributed by atoms with Gasteiger partial charge in [-0.3, -0.25) is 14.5 Å². The number of benzene rings is 1. The van der Waals surface area contributed by atoms with Gasteiger partial charge in [0.25, 0.3) is 5.92 Å². The molecule has 2 N–H and O–H groups in total. The maximum Gasteiger partial charge on any atom is 0.253 e. The van der Waals surface area contributed by atoms with E-state index in [0.29, 0.717) is 12.5 Å². The van der Waals surface area contributed by atoms with Crippen molar-refractivity contribution in [2.45, 2.75) is 38.2 Å². The topological polar surface area (TPSA) is 83.6 Å². The largest absolute Gasteiger partial charge is 0.453 e. The summed E-state index contributed by atoms with van der Waals surface area (Å²) < 4.78 is 61.5. The summed E-state index contributed by atoms with van der Waals surface area (Å²) in [5.41, 5.74) is 0. The van der Waals surface area contributed by atoms with E-state index in [9.17, 15) is 27.2 Å². The summed E-state index contributed by atoms with van der Waals surface area (Å²) in [7, 11) is 0. The van der Waals surface area contributed by atoms with Gasteiger partial charge in [0.1, 0.15) is 17.4 Å². The van der Waals surface area contributed by atoms with E-state index in [1.165, 1.54) is 18.3 Å². The van der Waals surface area contributed by atoms with Crippen molar-refractivity contribution in [1.29, 1.82) is 0 Å². The number of nitrogens with zero attached hydrogens (tertiary/aromatic N) is 2. The second-order valence-corrected chi connectivity index (χ2v) is 8.94. The molecule has 0 aliphatic carbocycles. The summed E-state index contributed by atoms with van der Waals surface area (Å²) in [6, 6.07) is 5.15. The monoisotopic (exact) mass is 494 g/mol. The van der Waals surface area contributed by atoms with Crippen molar-refractivity contribution in [3.63, 3.8) is 0 Å². The first kappa shape index (κ1) is 24.9. The number of carbonyl (C=O) groups is 2. The minimum Gasteiger partial charge on any atom is -0.453 e. The van der Waals surface area contributed by atoms with Gasteiger partial charge in [-0.05, 0) is 43.5 Å². The van der Waals surface area contributed by atoms with Gasteiger partial charge < -0.3 is 15.4 Å². The summed E-state index contributed by atoms with van der Waals surface area (Å²) in [6.07, 6.45) is 1.55. The van der Waals surface area contributed by atoms with Gasteiger partial charge in [-0.1, -0.05) is 0 Å². The molecular formula is C24H26F4N4O3. The zero-order valence-corrected chi connectivity index (χ0v) is 19.1. The Kier molecular flexibility index (Phi) is 7.25. The van der Waals surface area contributed by atoms with Gasteiger partial charge in [0, 0.05) is 44.5 Å². The van der Waals surface area contributed by atoms with Gasteiger partial charge in [-0.2, -0.15) is 0 Å². The Bertz CT molecular complexity index is 1070. The summed E-state index contributed by atoms with van der Waals surface area (Å²) in [4.78, 5) is 30.0. The van der Waals surface area contributed by atoms with Gasteiger partial charge in [-0.15, -0.1) is 0 Å². The molecule has 3 atom stereocenters. The fourth-order valence-electron chi connectivity index (χ4n) is 4.49. The number of ether oxygens (including phenoxy) is 1. The van der Waals surface area contributed by atoms with Gasteiger partial charge in [0.05, 0.1) is 12.2 Å². The van der Waals surface area contributed by atoms with Gasteiger partial charge in [-0.25, -0.2) is 22.5 Å². The zero-order valence-electron chi connectivity index (χ0n) is 19.1. The molecule has 3 heterocycles. The third kappa shape index (κ3) is 5.90. The number of piperidine rings is 2. The number of likely N-dealkylation sites (tertiary alicyclic amines) is 1. The molecule has 2 fully saturated rings. The van der Waals surface area contributed by atoms with Crippen molar-refractivity contribution < 1.29 is 31.9 Å². The van der Waals surface area contributed by atoms with Gasteiger partial charge in [0.15, 0.2) is 11.6 Å². The van der Waals surface area contributed by atoms with E-state index < -0.39 is 35.4 Å². The van der Waals surface area contributed by atoms with Crippen LogP contribution in [-0.2, 0) is 9.59 Å². The van der Waals surface area contributed by atoms with Crippen LogP contribution in [0.15, 0.2) is 36.5 Å². The molecule has 2 aliphatic heterocycles. The predicted octanol–water partition coefficient (Wildman–Crippen LogP) is 3.96. The second-order valence-electron chi connectivity index (χ2n) is 8.94. The molecule has 0 bridgehead atoms. The molecule has 35 heavy (non-hydrogen) atoms. The highest BCUT2D eigenvalue weighted by molar-refractivity contribution is 5.93. The van der Waals surface area contributed by atoms with E-state index in [1.807, 2.05) is 0 Å². The Balaban J connectivity index is 1.35. The number of carbonyl (C=O) groups excluding carboxylic acids is 2. The number of hydrogen-bond donors (Lipinski definition) is 2. The maximum absolute atomic E-state index is 14.7. The molecular weight excluding hydrogens is 468 g/mol. The highest BCUT2D eigenvalue weighted by Crippen LogP contribution is 2.40. The molecule has 0 radical (unpaired) electrons. The lowest BCUT2D eigenvalue weighted by Crippen LogP contribution is -2.56. The predicted molar refractivity (Wildman–Crippen MR) is 119 cm³/mol. The molecule has 0 unspecified atom stereocenters. The minimum absolute atomic E-state index is 0.0472. The van der Waals surface area contributed by atoms with Gasteiger partial charge in [0.2, 0.25) is 11.8 Å². The van der Waals surface area contributed by atoms with E-state index >= 15 is 0 Å². The molecule has 0 saturated carbocycles. The molecule has 1 aromatic carbocycles. The molecule has 7 nitrogen and oxygen atoms in total. The fourth-order valence-corrected chi connectivity index (χ4v) is 4.49. The van der Waals surface area contributed by atoms with Gasteiger partial charge >= 0.3 is 0 Å². The smallest absolute Gasteiger partial charge is 0.253 e. The number of pyridine rings is 1. The summed E-state index contributed by atoms with van der Waals surface area (Å²) in [5, 5.41) is 5.32. The Morgan fingerprint density at radius 1 is 1.29 bits per heavy atom. The van der Waals surface area contributed by atoms with Crippen LogP contribution < -0.4 is 15.4 Å². The third-order valence-electron chi connectivity index (χ3n) is 6.62. The average Bonchev–Trinajstić information content (AvgIpc) is 2.82. The van der Waals surface area contributed by atoms with Crippen LogP contribution in [-0.4, -0.2) is 53.3 Å². The summed E-state index contributed by atoms with van der Waals surface area (Å²) >= 11 is 0. The number of amides is 2. The van der Waals surface area contributed by atoms with E-state index in [0.717, 1.165) is 12.1 Å². The average molecular weight is 494 g/mol. The van der Waals surface area contributed by atoms with Crippen LogP contribution in [0.5, 0.6) is 11.5 Å². The van der Waals surface area contributed by atoms with E-state index in [2.05, 4.69) is 15.6 Å². The maximum atomic E-state index is 14.7. The quantitative estimate of drug-likeness (QED) is 0.594. The van der Waals surface area contributed by atoms with Crippen molar-refractivity contribution >= 4 is 17.6 Å². The highest BCUT2D eigenvalue weighted by Gasteiger charge is 2.49. The lowest BCUT2D eigenvalue weighted by Gasteiger charge is -2.44. The van der Waals surface area contributed by atoms with Crippen LogP contribution in [0, 0.1) is 23.5 Å². The van der Waals surface area contributed by atoms with Crippen molar-refractivity contribution in [2.24, 2.45) is 11.8 Å². The first-order valence-corrected chi connectivity index (χ1v) is 11.4. The molecule has 2 aromatic rings. The molecule has 11 heteroatoms.